The molecular formula is C9H18N2. The van der Waals surface area contributed by atoms with Gasteiger partial charge in [-0.25, -0.2) is 0 Å². The highest BCUT2D eigenvalue weighted by Crippen LogP contribution is 2.04. The van der Waals surface area contributed by atoms with Crippen LogP contribution in [0, 0.1) is 6.92 Å². The summed E-state index contributed by atoms with van der Waals surface area (Å²) in [7, 11) is 1.97. The normalized spacial score (nSPS) is 8.82. The number of hydrogen-bond acceptors (Lipinski definition) is 1. The Labute approximate surface area is 69.2 Å². The number of nitrogens with zero attached hydrogens (tertiary/aromatic N) is 2. The molecule has 0 aliphatic rings. The van der Waals surface area contributed by atoms with Gasteiger partial charge in [0.2, 0.25) is 0 Å². The summed E-state index contributed by atoms with van der Waals surface area (Å²) in [5.41, 5.74) is 2.62. The summed E-state index contributed by atoms with van der Waals surface area (Å²) < 4.78 is 1.90. The maximum absolute atomic E-state index is 4.10. The second kappa shape index (κ2) is 4.94. The molecule has 0 aliphatic carbocycles. The fourth-order valence-electron chi connectivity index (χ4n) is 0.891. The Bertz CT molecular complexity index is 201. The average molecular weight is 154 g/mol. The molecule has 0 unspecified atom stereocenters. The monoisotopic (exact) mass is 154 g/mol. The van der Waals surface area contributed by atoms with Crippen LogP contribution in [0.3, 0.4) is 0 Å². The smallest absolute Gasteiger partial charge is 0.0524 e. The van der Waals surface area contributed by atoms with E-state index in [-0.39, 0.29) is 0 Å². The van der Waals surface area contributed by atoms with Gasteiger partial charge < -0.3 is 0 Å². The standard InChI is InChI=1S/C7H12N2.C2H6/c1-4-7-5-8-9(3)6(7)2;1-2/h5H,4H2,1-3H3;1-2H3. The first-order valence-corrected chi connectivity index (χ1v) is 4.23. The highest BCUT2D eigenvalue weighted by Gasteiger charge is 1.98. The molecule has 0 amide bonds. The molecule has 0 spiro atoms. The number of aryl methyl sites for hydroxylation is 2. The van der Waals surface area contributed by atoms with Gasteiger partial charge in [-0.2, -0.15) is 5.10 Å². The van der Waals surface area contributed by atoms with Crippen molar-refractivity contribution >= 4 is 0 Å². The molecule has 64 valence electrons. The van der Waals surface area contributed by atoms with Crippen LogP contribution in [0.2, 0.25) is 0 Å². The minimum absolute atomic E-state index is 1.08. The summed E-state index contributed by atoms with van der Waals surface area (Å²) in [6.07, 6.45) is 3.01. The van der Waals surface area contributed by atoms with E-state index in [1.807, 2.05) is 31.8 Å². The molecule has 0 saturated heterocycles. The van der Waals surface area contributed by atoms with Crippen LogP contribution in [0.25, 0.3) is 0 Å². The summed E-state index contributed by atoms with van der Waals surface area (Å²) >= 11 is 0. The SMILES string of the molecule is CC.CCc1cnn(C)c1C. The molecular weight excluding hydrogens is 136 g/mol. The molecule has 1 heterocycles. The second-order valence-electron chi connectivity index (χ2n) is 2.23. The summed E-state index contributed by atoms with van der Waals surface area (Å²) in [6.45, 7) is 8.23. The zero-order valence-electron chi connectivity index (χ0n) is 8.18. The Hall–Kier alpha value is -0.790. The lowest BCUT2D eigenvalue weighted by Gasteiger charge is -1.93. The summed E-state index contributed by atoms with van der Waals surface area (Å²) in [4.78, 5) is 0. The van der Waals surface area contributed by atoms with Gasteiger partial charge in [-0.15, -0.1) is 0 Å². The predicted molar refractivity (Wildman–Crippen MR) is 48.7 cm³/mol. The summed E-state index contributed by atoms with van der Waals surface area (Å²) in [6, 6.07) is 0. The lowest BCUT2D eigenvalue weighted by Crippen LogP contribution is -1.93. The lowest BCUT2D eigenvalue weighted by atomic mass is 10.2. The van der Waals surface area contributed by atoms with Crippen molar-refractivity contribution in [2.24, 2.45) is 7.05 Å². The first-order valence-electron chi connectivity index (χ1n) is 4.23. The molecule has 1 aromatic heterocycles. The van der Waals surface area contributed by atoms with Gasteiger partial charge in [-0.1, -0.05) is 20.8 Å². The molecule has 0 N–H and O–H groups in total. The average Bonchev–Trinajstić information content (AvgIpc) is 2.37. The van der Waals surface area contributed by atoms with Gasteiger partial charge in [-0.3, -0.25) is 4.68 Å². The number of rotatable bonds is 1. The predicted octanol–water partition coefficient (Wildman–Crippen LogP) is 2.32. The largest absolute Gasteiger partial charge is 0.273 e. The van der Waals surface area contributed by atoms with Crippen LogP contribution in [0.4, 0.5) is 0 Å². The van der Waals surface area contributed by atoms with E-state index in [9.17, 15) is 0 Å². The van der Waals surface area contributed by atoms with E-state index < -0.39 is 0 Å². The summed E-state index contributed by atoms with van der Waals surface area (Å²) in [5, 5.41) is 4.10. The Kier molecular flexibility index (Phi) is 4.59. The minimum Gasteiger partial charge on any atom is -0.273 e. The highest BCUT2D eigenvalue weighted by atomic mass is 15.3. The fourth-order valence-corrected chi connectivity index (χ4v) is 0.891. The van der Waals surface area contributed by atoms with E-state index >= 15 is 0 Å². The number of hydrogen-bond donors (Lipinski definition) is 0. The van der Waals surface area contributed by atoms with Crippen molar-refractivity contribution < 1.29 is 0 Å². The van der Waals surface area contributed by atoms with E-state index in [2.05, 4.69) is 18.9 Å². The fraction of sp³-hybridized carbons (Fsp3) is 0.667. The molecule has 11 heavy (non-hydrogen) atoms. The van der Waals surface area contributed by atoms with Crippen LogP contribution in [-0.2, 0) is 13.5 Å². The van der Waals surface area contributed by atoms with Crippen LogP contribution < -0.4 is 0 Å². The maximum atomic E-state index is 4.10. The zero-order valence-corrected chi connectivity index (χ0v) is 8.18. The van der Waals surface area contributed by atoms with Gasteiger partial charge in [-0.05, 0) is 18.9 Å². The van der Waals surface area contributed by atoms with Crippen LogP contribution in [0.5, 0.6) is 0 Å². The topological polar surface area (TPSA) is 17.8 Å². The van der Waals surface area contributed by atoms with Crippen molar-refractivity contribution in [2.75, 3.05) is 0 Å². The Morgan fingerprint density at radius 1 is 1.45 bits per heavy atom. The lowest BCUT2D eigenvalue weighted by molar-refractivity contribution is 0.738. The van der Waals surface area contributed by atoms with Crippen molar-refractivity contribution in [1.29, 1.82) is 0 Å². The van der Waals surface area contributed by atoms with E-state index in [0.29, 0.717) is 0 Å². The molecule has 0 saturated carbocycles. The van der Waals surface area contributed by atoms with E-state index in [0.717, 1.165) is 6.42 Å². The van der Waals surface area contributed by atoms with Crippen LogP contribution in [0.1, 0.15) is 32.0 Å². The van der Waals surface area contributed by atoms with Crippen molar-refractivity contribution in [3.8, 4) is 0 Å². The van der Waals surface area contributed by atoms with Crippen molar-refractivity contribution in [2.45, 2.75) is 34.1 Å². The van der Waals surface area contributed by atoms with Crippen molar-refractivity contribution in [1.82, 2.24) is 9.78 Å². The molecule has 0 aliphatic heterocycles. The van der Waals surface area contributed by atoms with Gasteiger partial charge in [0.25, 0.3) is 0 Å². The molecule has 0 fully saturated rings. The molecule has 1 aromatic rings. The molecule has 2 heteroatoms. The third-order valence-corrected chi connectivity index (χ3v) is 1.72. The molecule has 0 aromatic carbocycles. The van der Waals surface area contributed by atoms with Crippen LogP contribution in [-0.4, -0.2) is 9.78 Å². The first-order chi connectivity index (χ1) is 5.25. The third-order valence-electron chi connectivity index (χ3n) is 1.72. The maximum Gasteiger partial charge on any atom is 0.0524 e. The molecule has 0 bridgehead atoms. The molecule has 2 nitrogen and oxygen atoms in total. The van der Waals surface area contributed by atoms with Crippen molar-refractivity contribution in [3.05, 3.63) is 17.5 Å². The van der Waals surface area contributed by atoms with Gasteiger partial charge >= 0.3 is 0 Å². The van der Waals surface area contributed by atoms with E-state index in [4.69, 9.17) is 0 Å². The van der Waals surface area contributed by atoms with Crippen LogP contribution in [0.15, 0.2) is 6.20 Å². The zero-order chi connectivity index (χ0) is 8.85. The Balaban J connectivity index is 0.000000461. The minimum atomic E-state index is 1.08. The molecule has 0 radical (unpaired) electrons. The van der Waals surface area contributed by atoms with E-state index in [1.165, 1.54) is 11.3 Å². The second-order valence-corrected chi connectivity index (χ2v) is 2.23. The third kappa shape index (κ3) is 2.37. The van der Waals surface area contributed by atoms with Gasteiger partial charge in [0.05, 0.1) is 6.20 Å². The molecule has 1 rings (SSSR count). The first kappa shape index (κ1) is 10.2. The Morgan fingerprint density at radius 2 is 2.00 bits per heavy atom. The highest BCUT2D eigenvalue weighted by molar-refractivity contribution is 5.14. The van der Waals surface area contributed by atoms with E-state index in [1.54, 1.807) is 0 Å². The Morgan fingerprint density at radius 3 is 2.18 bits per heavy atom. The van der Waals surface area contributed by atoms with Gasteiger partial charge in [0, 0.05) is 12.7 Å². The van der Waals surface area contributed by atoms with Crippen LogP contribution >= 0.6 is 0 Å². The van der Waals surface area contributed by atoms with Gasteiger partial charge in [0.15, 0.2) is 0 Å². The summed E-state index contributed by atoms with van der Waals surface area (Å²) in [5.74, 6) is 0. The molecule has 0 atom stereocenters. The van der Waals surface area contributed by atoms with Crippen molar-refractivity contribution in [3.63, 3.8) is 0 Å². The number of aromatic nitrogens is 2. The van der Waals surface area contributed by atoms with Gasteiger partial charge in [0.1, 0.15) is 0 Å². The quantitative estimate of drug-likeness (QED) is 0.607.